The Balaban J connectivity index is 1.90. The van der Waals surface area contributed by atoms with Gasteiger partial charge in [-0.1, -0.05) is 17.2 Å². The van der Waals surface area contributed by atoms with Crippen LogP contribution < -0.4 is 10.6 Å². The highest BCUT2D eigenvalue weighted by Gasteiger charge is 2.15. The molecule has 0 spiro atoms. The first-order chi connectivity index (χ1) is 8.65. The zero-order chi connectivity index (χ0) is 13.0. The number of carbonyl (C=O) groups excluding carboxylic acids is 1. The average molecular weight is 248 g/mol. The molecule has 1 amide bonds. The second-order valence-corrected chi connectivity index (χ2v) is 4.78. The summed E-state index contributed by atoms with van der Waals surface area (Å²) in [5.41, 5.74) is 2.93. The summed E-state index contributed by atoms with van der Waals surface area (Å²) >= 11 is 0. The monoisotopic (exact) mass is 248 g/mol. The molecule has 0 radical (unpaired) electrons. The van der Waals surface area contributed by atoms with Crippen LogP contribution in [0.25, 0.3) is 0 Å². The van der Waals surface area contributed by atoms with Gasteiger partial charge in [0.1, 0.15) is 0 Å². The SMILES string of the molecule is Cc1cc(C)cc(C(=O)NCC2CNCCO2)c1. The lowest BCUT2D eigenvalue weighted by Gasteiger charge is -2.23. The summed E-state index contributed by atoms with van der Waals surface area (Å²) < 4.78 is 5.53. The minimum atomic E-state index is -0.0315. The fourth-order valence-electron chi connectivity index (χ4n) is 2.17. The van der Waals surface area contributed by atoms with E-state index in [1.807, 2.05) is 26.0 Å². The largest absolute Gasteiger partial charge is 0.374 e. The minimum Gasteiger partial charge on any atom is -0.374 e. The molecule has 1 aliphatic heterocycles. The van der Waals surface area contributed by atoms with Crippen LogP contribution in [0.4, 0.5) is 0 Å². The van der Waals surface area contributed by atoms with Gasteiger partial charge in [0.25, 0.3) is 5.91 Å². The van der Waals surface area contributed by atoms with Crippen LogP contribution in [-0.4, -0.2) is 38.3 Å². The number of amides is 1. The number of nitrogens with one attached hydrogen (secondary N) is 2. The van der Waals surface area contributed by atoms with E-state index in [1.54, 1.807) is 0 Å². The summed E-state index contributed by atoms with van der Waals surface area (Å²) in [6.07, 6.45) is 0.0774. The van der Waals surface area contributed by atoms with E-state index in [-0.39, 0.29) is 12.0 Å². The van der Waals surface area contributed by atoms with Gasteiger partial charge in [-0.2, -0.15) is 0 Å². The first-order valence-electron chi connectivity index (χ1n) is 6.34. The molecule has 98 valence electrons. The Morgan fingerprint density at radius 2 is 2.11 bits per heavy atom. The molecule has 1 aromatic carbocycles. The minimum absolute atomic E-state index is 0.0315. The van der Waals surface area contributed by atoms with E-state index in [0.29, 0.717) is 13.2 Å². The van der Waals surface area contributed by atoms with Crippen LogP contribution in [0, 0.1) is 13.8 Å². The van der Waals surface area contributed by atoms with Crippen LogP contribution in [0.5, 0.6) is 0 Å². The Morgan fingerprint density at radius 3 is 2.72 bits per heavy atom. The highest BCUT2D eigenvalue weighted by molar-refractivity contribution is 5.94. The van der Waals surface area contributed by atoms with Gasteiger partial charge in [0, 0.05) is 25.2 Å². The van der Waals surface area contributed by atoms with Gasteiger partial charge in [0.15, 0.2) is 0 Å². The number of rotatable bonds is 3. The summed E-state index contributed by atoms with van der Waals surface area (Å²) in [7, 11) is 0. The highest BCUT2D eigenvalue weighted by atomic mass is 16.5. The lowest BCUT2D eigenvalue weighted by atomic mass is 10.1. The van der Waals surface area contributed by atoms with E-state index in [0.717, 1.165) is 29.8 Å². The standard InChI is InChI=1S/C14H20N2O2/c1-10-5-11(2)7-12(6-10)14(17)16-9-13-8-15-3-4-18-13/h5-7,13,15H,3-4,8-9H2,1-2H3,(H,16,17). The van der Waals surface area contributed by atoms with Crippen molar-refractivity contribution in [2.75, 3.05) is 26.2 Å². The Bertz CT molecular complexity index is 406. The van der Waals surface area contributed by atoms with Crippen LogP contribution in [-0.2, 0) is 4.74 Å². The summed E-state index contributed by atoms with van der Waals surface area (Å²) in [4.78, 5) is 12.0. The number of hydrogen-bond acceptors (Lipinski definition) is 3. The van der Waals surface area contributed by atoms with Crippen molar-refractivity contribution in [1.29, 1.82) is 0 Å². The van der Waals surface area contributed by atoms with Crippen LogP contribution in [0.1, 0.15) is 21.5 Å². The van der Waals surface area contributed by atoms with E-state index < -0.39 is 0 Å². The molecule has 1 heterocycles. The second-order valence-electron chi connectivity index (χ2n) is 4.78. The molecule has 2 N–H and O–H groups in total. The van der Waals surface area contributed by atoms with Gasteiger partial charge in [0.05, 0.1) is 12.7 Å². The summed E-state index contributed by atoms with van der Waals surface area (Å²) in [6.45, 7) is 6.95. The highest BCUT2D eigenvalue weighted by Crippen LogP contribution is 2.08. The normalized spacial score (nSPS) is 19.6. The first kappa shape index (κ1) is 13.1. The predicted molar refractivity (Wildman–Crippen MR) is 70.9 cm³/mol. The molecule has 0 saturated carbocycles. The van der Waals surface area contributed by atoms with Crippen molar-refractivity contribution in [3.8, 4) is 0 Å². The lowest BCUT2D eigenvalue weighted by Crippen LogP contribution is -2.45. The molecular weight excluding hydrogens is 228 g/mol. The first-order valence-corrected chi connectivity index (χ1v) is 6.34. The van der Waals surface area contributed by atoms with Gasteiger partial charge in [-0.25, -0.2) is 0 Å². The maximum absolute atomic E-state index is 12.0. The van der Waals surface area contributed by atoms with E-state index in [9.17, 15) is 4.79 Å². The zero-order valence-electron chi connectivity index (χ0n) is 11.0. The molecule has 4 nitrogen and oxygen atoms in total. The molecule has 1 aliphatic rings. The van der Waals surface area contributed by atoms with Crippen molar-refractivity contribution in [2.24, 2.45) is 0 Å². The second kappa shape index (κ2) is 5.98. The van der Waals surface area contributed by atoms with Crippen LogP contribution in [0.2, 0.25) is 0 Å². The maximum atomic E-state index is 12.0. The van der Waals surface area contributed by atoms with Crippen molar-refractivity contribution in [1.82, 2.24) is 10.6 Å². The average Bonchev–Trinajstić information content (AvgIpc) is 2.36. The number of carbonyl (C=O) groups is 1. The number of hydrogen-bond donors (Lipinski definition) is 2. The van der Waals surface area contributed by atoms with Crippen LogP contribution in [0.15, 0.2) is 18.2 Å². The molecule has 1 atom stereocenters. The molecule has 18 heavy (non-hydrogen) atoms. The third-order valence-corrected chi connectivity index (χ3v) is 2.98. The van der Waals surface area contributed by atoms with Gasteiger partial charge in [-0.05, 0) is 26.0 Å². The summed E-state index contributed by atoms with van der Waals surface area (Å²) in [5.74, 6) is -0.0315. The van der Waals surface area contributed by atoms with Crippen molar-refractivity contribution < 1.29 is 9.53 Å². The number of morpholine rings is 1. The zero-order valence-corrected chi connectivity index (χ0v) is 11.0. The number of ether oxygens (including phenoxy) is 1. The van der Waals surface area contributed by atoms with Crippen molar-refractivity contribution >= 4 is 5.91 Å². The van der Waals surface area contributed by atoms with E-state index in [4.69, 9.17) is 4.74 Å². The summed E-state index contributed by atoms with van der Waals surface area (Å²) in [5, 5.41) is 6.16. The van der Waals surface area contributed by atoms with Gasteiger partial charge < -0.3 is 15.4 Å². The fraction of sp³-hybridized carbons (Fsp3) is 0.500. The Morgan fingerprint density at radius 1 is 1.39 bits per heavy atom. The maximum Gasteiger partial charge on any atom is 0.251 e. The van der Waals surface area contributed by atoms with E-state index >= 15 is 0 Å². The molecule has 1 fully saturated rings. The number of aryl methyl sites for hydroxylation is 2. The number of benzene rings is 1. The molecule has 0 aliphatic carbocycles. The van der Waals surface area contributed by atoms with E-state index in [1.165, 1.54) is 0 Å². The molecule has 1 saturated heterocycles. The van der Waals surface area contributed by atoms with Crippen LogP contribution >= 0.6 is 0 Å². The van der Waals surface area contributed by atoms with Crippen LogP contribution in [0.3, 0.4) is 0 Å². The smallest absolute Gasteiger partial charge is 0.251 e. The lowest BCUT2D eigenvalue weighted by molar-refractivity contribution is 0.0287. The molecule has 1 unspecified atom stereocenters. The summed E-state index contributed by atoms with van der Waals surface area (Å²) in [6, 6.07) is 5.87. The quantitative estimate of drug-likeness (QED) is 0.839. The topological polar surface area (TPSA) is 50.4 Å². The molecule has 0 bridgehead atoms. The van der Waals surface area contributed by atoms with Crippen molar-refractivity contribution in [2.45, 2.75) is 20.0 Å². The van der Waals surface area contributed by atoms with Crippen molar-refractivity contribution in [3.63, 3.8) is 0 Å². The van der Waals surface area contributed by atoms with Gasteiger partial charge in [-0.15, -0.1) is 0 Å². The van der Waals surface area contributed by atoms with Gasteiger partial charge in [0.2, 0.25) is 0 Å². The van der Waals surface area contributed by atoms with Gasteiger partial charge in [-0.3, -0.25) is 4.79 Å². The van der Waals surface area contributed by atoms with Gasteiger partial charge >= 0.3 is 0 Å². The molecule has 4 heteroatoms. The third-order valence-electron chi connectivity index (χ3n) is 2.98. The third kappa shape index (κ3) is 3.55. The Hall–Kier alpha value is -1.39. The predicted octanol–water partition coefficient (Wildman–Crippen LogP) is 1.02. The molecule has 2 rings (SSSR count). The Labute approximate surface area is 108 Å². The Kier molecular flexibility index (Phi) is 4.33. The molecule has 0 aromatic heterocycles. The van der Waals surface area contributed by atoms with Crippen molar-refractivity contribution in [3.05, 3.63) is 34.9 Å². The molecular formula is C14H20N2O2. The van der Waals surface area contributed by atoms with E-state index in [2.05, 4.69) is 16.7 Å². The fourth-order valence-corrected chi connectivity index (χ4v) is 2.17. The molecule has 1 aromatic rings.